The van der Waals surface area contributed by atoms with E-state index in [0.717, 1.165) is 0 Å². The highest BCUT2D eigenvalue weighted by Gasteiger charge is 2.20. The maximum Gasteiger partial charge on any atom is -0.0125 e. The first-order valence-electron chi connectivity index (χ1n) is 4.22. The quantitative estimate of drug-likeness (QED) is 0.521. The van der Waals surface area contributed by atoms with E-state index in [9.17, 15) is 0 Å². The summed E-state index contributed by atoms with van der Waals surface area (Å²) >= 11 is 0. The Morgan fingerprint density at radius 1 is 1.40 bits per heavy atom. The minimum absolute atomic E-state index is 0.398. The van der Waals surface area contributed by atoms with E-state index in [2.05, 4.69) is 34.3 Å². The highest BCUT2D eigenvalue weighted by Crippen LogP contribution is 2.33. The summed E-state index contributed by atoms with van der Waals surface area (Å²) in [5.74, 6) is 0. The number of hydrogen-bond donors (Lipinski definition) is 0. The summed E-state index contributed by atoms with van der Waals surface area (Å²) in [6.45, 7) is 12.9. The first-order valence-corrected chi connectivity index (χ1v) is 4.22. The molecule has 0 fully saturated rings. The second-order valence-electron chi connectivity index (χ2n) is 3.44. The molecule has 1 unspecified atom stereocenters. The molecule has 0 aliphatic carbocycles. The Balaban J connectivity index is 4.08. The predicted octanol–water partition coefficient (Wildman–Crippen LogP) is 3.78. The van der Waals surface area contributed by atoms with Crippen molar-refractivity contribution in [3.05, 3.63) is 12.2 Å². The van der Waals surface area contributed by atoms with Gasteiger partial charge in [0, 0.05) is 0 Å². The molecule has 0 aromatic heterocycles. The second kappa shape index (κ2) is 3.80. The molecule has 0 N–H and O–H groups in total. The van der Waals surface area contributed by atoms with Crippen LogP contribution in [0.4, 0.5) is 0 Å². The Bertz CT molecular complexity index is 113. The zero-order chi connectivity index (χ0) is 8.20. The van der Waals surface area contributed by atoms with Crippen LogP contribution in [-0.4, -0.2) is 0 Å². The topological polar surface area (TPSA) is 0 Å². The van der Waals surface area contributed by atoms with Crippen LogP contribution in [0.25, 0.3) is 0 Å². The summed E-state index contributed by atoms with van der Waals surface area (Å²) in [4.78, 5) is 0. The third-order valence-corrected chi connectivity index (χ3v) is 2.61. The molecule has 0 aliphatic heterocycles. The van der Waals surface area contributed by atoms with Crippen molar-refractivity contribution in [2.45, 2.75) is 47.0 Å². The molecule has 0 heteroatoms. The van der Waals surface area contributed by atoms with Gasteiger partial charge >= 0.3 is 0 Å². The van der Waals surface area contributed by atoms with Crippen molar-refractivity contribution in [1.82, 2.24) is 0 Å². The number of rotatable bonds is 4. The highest BCUT2D eigenvalue weighted by molar-refractivity contribution is 5.04. The summed E-state index contributed by atoms with van der Waals surface area (Å²) in [6.07, 6.45) is 3.76. The van der Waals surface area contributed by atoms with Crippen LogP contribution in [0.1, 0.15) is 47.0 Å². The third-order valence-electron chi connectivity index (χ3n) is 2.61. The van der Waals surface area contributed by atoms with Crippen molar-refractivity contribution in [3.63, 3.8) is 0 Å². The first kappa shape index (κ1) is 9.74. The van der Waals surface area contributed by atoms with Crippen molar-refractivity contribution < 1.29 is 0 Å². The molecule has 0 bridgehead atoms. The first-order chi connectivity index (χ1) is 4.56. The fourth-order valence-electron chi connectivity index (χ4n) is 1.24. The maximum atomic E-state index is 4.02. The van der Waals surface area contributed by atoms with Crippen molar-refractivity contribution in [3.8, 4) is 0 Å². The predicted molar refractivity (Wildman–Crippen MR) is 48.1 cm³/mol. The highest BCUT2D eigenvalue weighted by atomic mass is 14.3. The SMILES string of the molecule is C=C(C)C(C)(CC)CCC. The molecule has 0 amide bonds. The molecule has 60 valence electrons. The van der Waals surface area contributed by atoms with E-state index in [1.165, 1.54) is 24.8 Å². The van der Waals surface area contributed by atoms with Crippen LogP contribution in [0.3, 0.4) is 0 Å². The summed E-state index contributed by atoms with van der Waals surface area (Å²) < 4.78 is 0. The maximum absolute atomic E-state index is 4.02. The molecule has 0 nitrogen and oxygen atoms in total. The smallest absolute Gasteiger partial charge is 0.0125 e. The van der Waals surface area contributed by atoms with Gasteiger partial charge in [-0.2, -0.15) is 0 Å². The zero-order valence-electron chi connectivity index (χ0n) is 7.83. The van der Waals surface area contributed by atoms with E-state index in [4.69, 9.17) is 0 Å². The molecule has 0 saturated heterocycles. The van der Waals surface area contributed by atoms with E-state index < -0.39 is 0 Å². The van der Waals surface area contributed by atoms with Gasteiger partial charge in [-0.15, -0.1) is 0 Å². The molecule has 1 atom stereocenters. The van der Waals surface area contributed by atoms with Gasteiger partial charge in [0.15, 0.2) is 0 Å². The normalized spacial score (nSPS) is 16.4. The van der Waals surface area contributed by atoms with Crippen LogP contribution in [0.15, 0.2) is 12.2 Å². The summed E-state index contributed by atoms with van der Waals surface area (Å²) in [7, 11) is 0. The average Bonchev–Trinajstić information content (AvgIpc) is 1.88. The molecule has 0 spiro atoms. The minimum Gasteiger partial charge on any atom is -0.0996 e. The fraction of sp³-hybridized carbons (Fsp3) is 0.800. The van der Waals surface area contributed by atoms with E-state index in [1.807, 2.05) is 0 Å². The van der Waals surface area contributed by atoms with Gasteiger partial charge in [-0.25, -0.2) is 0 Å². The lowest BCUT2D eigenvalue weighted by atomic mass is 9.77. The Kier molecular flexibility index (Phi) is 3.70. The lowest BCUT2D eigenvalue weighted by molar-refractivity contribution is 0.348. The van der Waals surface area contributed by atoms with E-state index in [-0.39, 0.29) is 0 Å². The second-order valence-corrected chi connectivity index (χ2v) is 3.44. The Morgan fingerprint density at radius 3 is 2.00 bits per heavy atom. The fourth-order valence-corrected chi connectivity index (χ4v) is 1.24. The van der Waals surface area contributed by atoms with E-state index >= 15 is 0 Å². The molecule has 10 heavy (non-hydrogen) atoms. The Labute approximate surface area is 65.3 Å². The average molecular weight is 140 g/mol. The summed E-state index contributed by atoms with van der Waals surface area (Å²) in [6, 6.07) is 0. The lowest BCUT2D eigenvalue weighted by Gasteiger charge is -2.28. The minimum atomic E-state index is 0.398. The monoisotopic (exact) mass is 140 g/mol. The molecular formula is C10H20. The third kappa shape index (κ3) is 2.17. The summed E-state index contributed by atoms with van der Waals surface area (Å²) in [5.41, 5.74) is 1.73. The molecule has 0 saturated carbocycles. The lowest BCUT2D eigenvalue weighted by Crippen LogP contribution is -2.15. The molecule has 0 rings (SSSR count). The molecular weight excluding hydrogens is 120 g/mol. The van der Waals surface area contributed by atoms with Gasteiger partial charge < -0.3 is 0 Å². The van der Waals surface area contributed by atoms with Crippen LogP contribution < -0.4 is 0 Å². The van der Waals surface area contributed by atoms with Crippen molar-refractivity contribution in [1.29, 1.82) is 0 Å². The molecule has 0 aromatic carbocycles. The Morgan fingerprint density at radius 2 is 1.90 bits per heavy atom. The summed E-state index contributed by atoms with van der Waals surface area (Å²) in [5, 5.41) is 0. The van der Waals surface area contributed by atoms with Crippen molar-refractivity contribution in [2.24, 2.45) is 5.41 Å². The van der Waals surface area contributed by atoms with Crippen LogP contribution in [0, 0.1) is 5.41 Å². The standard InChI is InChI=1S/C10H20/c1-6-8-10(5,7-2)9(3)4/h3,6-8H2,1-2,4-5H3. The number of hydrogen-bond acceptors (Lipinski definition) is 0. The van der Waals surface area contributed by atoms with E-state index in [1.54, 1.807) is 0 Å². The molecule has 0 radical (unpaired) electrons. The molecule has 0 aromatic rings. The van der Waals surface area contributed by atoms with Gasteiger partial charge in [-0.05, 0) is 25.2 Å². The van der Waals surface area contributed by atoms with Gasteiger partial charge in [0.25, 0.3) is 0 Å². The van der Waals surface area contributed by atoms with Crippen LogP contribution >= 0.6 is 0 Å². The number of allylic oxidation sites excluding steroid dienone is 1. The van der Waals surface area contributed by atoms with Crippen molar-refractivity contribution >= 4 is 0 Å². The van der Waals surface area contributed by atoms with Gasteiger partial charge in [0.1, 0.15) is 0 Å². The van der Waals surface area contributed by atoms with Crippen LogP contribution in [0.2, 0.25) is 0 Å². The van der Waals surface area contributed by atoms with E-state index in [0.29, 0.717) is 5.41 Å². The van der Waals surface area contributed by atoms with Crippen LogP contribution in [0.5, 0.6) is 0 Å². The largest absolute Gasteiger partial charge is 0.0996 e. The van der Waals surface area contributed by atoms with Gasteiger partial charge in [0.05, 0.1) is 0 Å². The molecule has 0 heterocycles. The van der Waals surface area contributed by atoms with Gasteiger partial charge in [0.2, 0.25) is 0 Å². The zero-order valence-corrected chi connectivity index (χ0v) is 7.83. The van der Waals surface area contributed by atoms with Gasteiger partial charge in [-0.1, -0.05) is 39.3 Å². The van der Waals surface area contributed by atoms with Crippen molar-refractivity contribution in [2.75, 3.05) is 0 Å². The van der Waals surface area contributed by atoms with Gasteiger partial charge in [-0.3, -0.25) is 0 Å². The molecule has 0 aliphatic rings. The Hall–Kier alpha value is -0.260. The van der Waals surface area contributed by atoms with Crippen LogP contribution in [-0.2, 0) is 0 Å².